The van der Waals surface area contributed by atoms with Gasteiger partial charge in [0, 0.05) is 38.1 Å². The van der Waals surface area contributed by atoms with Gasteiger partial charge in [0.2, 0.25) is 35.4 Å². The zero-order valence-electron chi connectivity index (χ0n) is 46.1. The van der Waals surface area contributed by atoms with Gasteiger partial charge in [-0.3, -0.25) is 38.4 Å². The molecule has 412 valence electrons. The highest BCUT2D eigenvalue weighted by molar-refractivity contribution is 5.99. The van der Waals surface area contributed by atoms with Crippen LogP contribution in [-0.4, -0.2) is 167 Å². The fourth-order valence-electron chi connectivity index (χ4n) is 11.1. The minimum Gasteiger partial charge on any atom is -0.351 e. The molecule has 0 radical (unpaired) electrons. The third kappa shape index (κ3) is 13.0. The van der Waals surface area contributed by atoms with E-state index < -0.39 is 82.5 Å². The monoisotopic (exact) mass is 1050 g/mol. The molecule has 1 aromatic carbocycles. The highest BCUT2D eigenvalue weighted by atomic mass is 16.2. The topological polar surface area (TPSA) is 235 Å². The number of carbonyl (C=O) groups excluding carboxylic acids is 8. The van der Waals surface area contributed by atoms with Crippen LogP contribution < -0.4 is 31.9 Å². The highest BCUT2D eigenvalue weighted by Gasteiger charge is 2.47. The number of aryl methyl sites for hydroxylation is 1. The van der Waals surface area contributed by atoms with Gasteiger partial charge in [-0.25, -0.2) is 4.98 Å². The summed E-state index contributed by atoms with van der Waals surface area (Å²) in [5.41, 5.74) is 0.531. The molecular formula is C57H81N11O8. The Morgan fingerprint density at radius 3 is 1.64 bits per heavy atom. The normalized spacial score (nSPS) is 24.2. The molecule has 3 aliphatic carbocycles. The Labute approximate surface area is 448 Å². The number of benzene rings is 1. The van der Waals surface area contributed by atoms with Gasteiger partial charge in [0.15, 0.2) is 0 Å². The summed E-state index contributed by atoms with van der Waals surface area (Å²) >= 11 is 0. The summed E-state index contributed by atoms with van der Waals surface area (Å²) in [6.45, 7) is 14.1. The summed E-state index contributed by atoms with van der Waals surface area (Å²) in [7, 11) is 3.31. The quantitative estimate of drug-likeness (QED) is 0.161. The van der Waals surface area contributed by atoms with E-state index >= 15 is 0 Å². The Bertz CT molecular complexity index is 2570. The van der Waals surface area contributed by atoms with Crippen molar-refractivity contribution in [2.75, 3.05) is 53.4 Å². The number of aromatic nitrogens is 1. The molecule has 3 fully saturated rings. The number of carbonyl (C=O) groups is 8. The van der Waals surface area contributed by atoms with Gasteiger partial charge in [-0.2, -0.15) is 0 Å². The second-order valence-corrected chi connectivity index (χ2v) is 23.4. The maximum atomic E-state index is 14.7. The molecule has 7 rings (SSSR count). The van der Waals surface area contributed by atoms with Crippen LogP contribution in [0.3, 0.4) is 0 Å². The first-order valence-electron chi connectivity index (χ1n) is 27.2. The van der Waals surface area contributed by atoms with Crippen LogP contribution in [0.4, 0.5) is 0 Å². The van der Waals surface area contributed by atoms with Gasteiger partial charge in [-0.15, -0.1) is 0 Å². The van der Waals surface area contributed by atoms with Crippen molar-refractivity contribution >= 4 is 47.3 Å². The van der Waals surface area contributed by atoms with Gasteiger partial charge < -0.3 is 51.5 Å². The van der Waals surface area contributed by atoms with Crippen LogP contribution in [-0.2, 0) is 35.2 Å². The SMILES string of the molecule is CN[C@@H](C)C(=O)N[C@H](C(=O)N1CCN(C(=O)c2cccc(C(=O)N3CCN(C(=O)[C@@H](NC(=O)[C@H](C)NC)C(C)(C)C)[C@H](C(=O)N[C@@H]4CCCC5C=CC=CC54)C3)n2)C[C@H]1C(=O)N[C@@H]1CCCc2ccccc21)C(C)(C)C. The average molecular weight is 1050 g/mol. The van der Waals surface area contributed by atoms with Crippen molar-refractivity contribution in [3.63, 3.8) is 0 Å². The van der Waals surface area contributed by atoms with Gasteiger partial charge in [0.05, 0.1) is 31.2 Å². The van der Waals surface area contributed by atoms with E-state index in [2.05, 4.69) is 49.0 Å². The lowest BCUT2D eigenvalue weighted by Crippen LogP contribution is -2.67. The summed E-state index contributed by atoms with van der Waals surface area (Å²) in [5, 5.41) is 18.1. The lowest BCUT2D eigenvalue weighted by atomic mass is 9.74. The summed E-state index contributed by atoms with van der Waals surface area (Å²) in [6.07, 6.45) is 13.4. The summed E-state index contributed by atoms with van der Waals surface area (Å²) < 4.78 is 0. The van der Waals surface area contributed by atoms with Crippen LogP contribution in [0.1, 0.15) is 126 Å². The zero-order valence-corrected chi connectivity index (χ0v) is 46.1. The molecule has 76 heavy (non-hydrogen) atoms. The lowest BCUT2D eigenvalue weighted by Gasteiger charge is -2.45. The van der Waals surface area contributed by atoms with E-state index in [9.17, 15) is 38.4 Å². The second kappa shape index (κ2) is 24.2. The molecule has 6 N–H and O–H groups in total. The van der Waals surface area contributed by atoms with Gasteiger partial charge in [-0.05, 0) is 100 Å². The van der Waals surface area contributed by atoms with Gasteiger partial charge in [-0.1, -0.05) is 103 Å². The standard InChI is InChI=1S/C57H81N11O8/c1-34(58-9)48(69)63-46(56(3,4)5)54(75)67-30-28-65(32-44(67)50(71)61-40-24-15-20-36-18-11-13-22-38(36)40)52(73)42-26-17-27-43(60-42)53(74)66-29-31-68(55(76)47(57(6,7)8)64-49(70)35(2)59-10)45(33-66)51(72)62-41-25-16-21-37-19-12-14-23-39(37)41/h11-14,17-19,22-23,26-27,34-36,38,40-41,44-47,58-59H,15-16,20-21,24-25,28-33H2,1-10H3,(H,61,71)(H,62,72)(H,63,69)(H,64,70)/t34-,35-,36?,38?,40+,41+,44-,45-,46+,47+/m0/s1. The molecule has 19 nitrogen and oxygen atoms in total. The number of nitrogens with zero attached hydrogens (tertiary/aromatic N) is 5. The smallest absolute Gasteiger partial charge is 0.272 e. The number of hydrogen-bond donors (Lipinski definition) is 6. The van der Waals surface area contributed by atoms with E-state index in [0.717, 1.165) is 43.2 Å². The van der Waals surface area contributed by atoms with E-state index in [-0.39, 0.29) is 86.4 Å². The number of rotatable bonds is 14. The first kappa shape index (κ1) is 57.2. The van der Waals surface area contributed by atoms with Crippen molar-refractivity contribution in [1.82, 2.24) is 56.5 Å². The van der Waals surface area contributed by atoms with E-state index in [0.29, 0.717) is 6.42 Å². The largest absolute Gasteiger partial charge is 0.351 e. The number of amides is 8. The van der Waals surface area contributed by atoms with Gasteiger partial charge in [0.1, 0.15) is 35.6 Å². The number of allylic oxidation sites excluding steroid dienone is 3. The van der Waals surface area contributed by atoms with Gasteiger partial charge >= 0.3 is 0 Å². The molecule has 0 bridgehead atoms. The Morgan fingerprint density at radius 1 is 0.605 bits per heavy atom. The predicted octanol–water partition coefficient (Wildman–Crippen LogP) is 2.89. The predicted molar refractivity (Wildman–Crippen MR) is 288 cm³/mol. The molecule has 1 aromatic heterocycles. The van der Waals surface area contributed by atoms with E-state index in [4.69, 9.17) is 0 Å². The number of pyridine rings is 1. The van der Waals surface area contributed by atoms with E-state index in [1.54, 1.807) is 34.0 Å². The molecule has 2 aromatic rings. The van der Waals surface area contributed by atoms with Crippen molar-refractivity contribution in [2.24, 2.45) is 22.7 Å². The highest BCUT2D eigenvalue weighted by Crippen LogP contribution is 2.35. The Hall–Kier alpha value is -6.47. The number of hydrogen-bond acceptors (Lipinski definition) is 11. The number of fused-ring (bicyclic) bond motifs is 2. The van der Waals surface area contributed by atoms with Crippen molar-refractivity contribution in [2.45, 2.75) is 142 Å². The van der Waals surface area contributed by atoms with Crippen LogP contribution in [0.5, 0.6) is 0 Å². The number of nitrogens with one attached hydrogen (secondary N) is 6. The minimum atomic E-state index is -1.14. The Balaban J connectivity index is 1.13. The Kier molecular flexibility index (Phi) is 18.3. The first-order valence-corrected chi connectivity index (χ1v) is 27.2. The maximum absolute atomic E-state index is 14.7. The molecule has 5 aliphatic rings. The fourth-order valence-corrected chi connectivity index (χ4v) is 11.1. The zero-order chi connectivity index (χ0) is 55.2. The summed E-state index contributed by atoms with van der Waals surface area (Å²) in [4.78, 5) is 125. The molecule has 2 aliphatic heterocycles. The molecule has 0 spiro atoms. The first-order chi connectivity index (χ1) is 36.0. The van der Waals surface area contributed by atoms with Crippen LogP contribution >= 0.6 is 0 Å². The van der Waals surface area contributed by atoms with Crippen LogP contribution in [0.25, 0.3) is 0 Å². The minimum absolute atomic E-state index is 0.0160. The van der Waals surface area contributed by atoms with Crippen LogP contribution in [0.15, 0.2) is 66.8 Å². The fraction of sp³-hybridized carbons (Fsp3) is 0.596. The third-order valence-corrected chi connectivity index (χ3v) is 16.0. The molecular weight excluding hydrogens is 967 g/mol. The van der Waals surface area contributed by atoms with Crippen molar-refractivity contribution in [3.8, 4) is 0 Å². The van der Waals surface area contributed by atoms with Crippen molar-refractivity contribution in [3.05, 3.63) is 89.3 Å². The molecule has 1 saturated carbocycles. The molecule has 8 amide bonds. The molecule has 2 saturated heterocycles. The molecule has 3 heterocycles. The van der Waals surface area contributed by atoms with Gasteiger partial charge in [0.25, 0.3) is 11.8 Å². The van der Waals surface area contributed by atoms with E-state index in [1.165, 1.54) is 31.7 Å². The third-order valence-electron chi connectivity index (χ3n) is 16.0. The molecule has 2 unspecified atom stereocenters. The van der Waals surface area contributed by atoms with Crippen molar-refractivity contribution in [1.29, 1.82) is 0 Å². The lowest BCUT2D eigenvalue weighted by molar-refractivity contribution is -0.148. The van der Waals surface area contributed by atoms with Crippen LogP contribution in [0, 0.1) is 22.7 Å². The number of piperazine rings is 2. The van der Waals surface area contributed by atoms with E-state index in [1.807, 2.05) is 78.0 Å². The summed E-state index contributed by atoms with van der Waals surface area (Å²) in [5.74, 6) is -3.26. The Morgan fingerprint density at radius 2 is 1.12 bits per heavy atom. The number of likely N-dealkylation sites (N-methyl/N-ethyl adjacent to an activating group) is 2. The second-order valence-electron chi connectivity index (χ2n) is 23.4. The molecule has 10 atom stereocenters. The van der Waals surface area contributed by atoms with Crippen LogP contribution in [0.2, 0.25) is 0 Å². The summed E-state index contributed by atoms with van der Waals surface area (Å²) in [6, 6.07) is 6.55. The maximum Gasteiger partial charge on any atom is 0.272 e. The average Bonchev–Trinajstić information content (AvgIpc) is 3.43. The van der Waals surface area contributed by atoms with Crippen molar-refractivity contribution < 1.29 is 38.4 Å². The molecule has 19 heteroatoms.